The summed E-state index contributed by atoms with van der Waals surface area (Å²) in [5.41, 5.74) is 1.79. The largest absolute Gasteiger partial charge is 0.495 e. The van der Waals surface area contributed by atoms with Crippen LogP contribution in [0.2, 0.25) is 5.02 Å². The smallest absolute Gasteiger partial charge is 0.252 e. The number of methoxy groups -OCH3 is 2. The first-order chi connectivity index (χ1) is 11.9. The predicted molar refractivity (Wildman–Crippen MR) is 99.2 cm³/mol. The normalized spacial score (nSPS) is 10.5. The van der Waals surface area contributed by atoms with E-state index in [1.165, 1.54) is 6.20 Å². The van der Waals surface area contributed by atoms with Gasteiger partial charge in [0, 0.05) is 24.9 Å². The molecule has 1 aromatic heterocycles. The molecule has 2 aromatic rings. The van der Waals surface area contributed by atoms with Gasteiger partial charge in [-0.05, 0) is 12.0 Å². The van der Waals surface area contributed by atoms with Gasteiger partial charge in [-0.15, -0.1) is 0 Å². The van der Waals surface area contributed by atoms with Crippen molar-refractivity contribution in [1.82, 2.24) is 10.3 Å². The van der Waals surface area contributed by atoms with Crippen molar-refractivity contribution in [2.75, 3.05) is 26.1 Å². The van der Waals surface area contributed by atoms with Crippen molar-refractivity contribution < 1.29 is 14.3 Å². The Kier molecular flexibility index (Phi) is 6.47. The molecule has 0 fully saturated rings. The lowest BCUT2D eigenvalue weighted by molar-refractivity contribution is 0.0948. The number of rotatable bonds is 7. The fraction of sp³-hybridized carbons (Fsp3) is 0.333. The van der Waals surface area contributed by atoms with E-state index in [-0.39, 0.29) is 5.91 Å². The first-order valence-electron chi connectivity index (χ1n) is 7.86. The van der Waals surface area contributed by atoms with E-state index in [4.69, 9.17) is 21.1 Å². The summed E-state index contributed by atoms with van der Waals surface area (Å²) in [7, 11) is 3.09. The molecule has 0 saturated carbocycles. The van der Waals surface area contributed by atoms with Crippen LogP contribution in [0.15, 0.2) is 30.6 Å². The van der Waals surface area contributed by atoms with Gasteiger partial charge in [-0.3, -0.25) is 9.78 Å². The zero-order valence-electron chi connectivity index (χ0n) is 14.7. The summed E-state index contributed by atoms with van der Waals surface area (Å²) in [4.78, 5) is 16.3. The maximum atomic E-state index is 12.2. The van der Waals surface area contributed by atoms with Gasteiger partial charge in [-0.25, -0.2) is 0 Å². The summed E-state index contributed by atoms with van der Waals surface area (Å²) in [6.45, 7) is 4.69. The zero-order valence-corrected chi connectivity index (χ0v) is 15.5. The van der Waals surface area contributed by atoms with E-state index in [0.717, 1.165) is 0 Å². The molecule has 0 aliphatic rings. The molecule has 7 heteroatoms. The number of halogens is 1. The van der Waals surface area contributed by atoms with Crippen LogP contribution in [0.25, 0.3) is 0 Å². The highest BCUT2D eigenvalue weighted by Gasteiger charge is 2.12. The zero-order chi connectivity index (χ0) is 18.4. The first-order valence-corrected chi connectivity index (χ1v) is 8.24. The topological polar surface area (TPSA) is 72.5 Å². The molecule has 25 heavy (non-hydrogen) atoms. The second kappa shape index (κ2) is 8.58. The van der Waals surface area contributed by atoms with Crippen LogP contribution in [0.4, 0.5) is 11.4 Å². The van der Waals surface area contributed by atoms with Crippen LogP contribution >= 0.6 is 11.6 Å². The Morgan fingerprint density at radius 2 is 1.88 bits per heavy atom. The molecule has 1 amide bonds. The number of anilines is 2. The summed E-state index contributed by atoms with van der Waals surface area (Å²) in [5, 5.41) is 6.50. The quantitative estimate of drug-likeness (QED) is 0.781. The molecule has 134 valence electrons. The molecule has 0 bridgehead atoms. The fourth-order valence-corrected chi connectivity index (χ4v) is 2.38. The number of hydrogen-bond acceptors (Lipinski definition) is 5. The average Bonchev–Trinajstić information content (AvgIpc) is 2.60. The van der Waals surface area contributed by atoms with Crippen LogP contribution in [0.3, 0.4) is 0 Å². The number of hydrogen-bond donors (Lipinski definition) is 2. The van der Waals surface area contributed by atoms with Crippen LogP contribution in [0, 0.1) is 5.92 Å². The highest BCUT2D eigenvalue weighted by atomic mass is 35.5. The lowest BCUT2D eigenvalue weighted by Gasteiger charge is -2.14. The SMILES string of the molecule is COc1cc(Nc2cncc(C(=O)NCC(C)C)c2)c(OC)cc1Cl. The van der Waals surface area contributed by atoms with Gasteiger partial charge in [0.2, 0.25) is 0 Å². The van der Waals surface area contributed by atoms with Gasteiger partial charge >= 0.3 is 0 Å². The van der Waals surface area contributed by atoms with Crippen molar-refractivity contribution in [3.8, 4) is 11.5 Å². The molecule has 2 N–H and O–H groups in total. The number of nitrogens with one attached hydrogen (secondary N) is 2. The van der Waals surface area contributed by atoms with E-state index in [2.05, 4.69) is 15.6 Å². The van der Waals surface area contributed by atoms with Crippen LogP contribution in [-0.4, -0.2) is 31.7 Å². The van der Waals surface area contributed by atoms with Crippen molar-refractivity contribution in [1.29, 1.82) is 0 Å². The van der Waals surface area contributed by atoms with Crippen molar-refractivity contribution in [3.05, 3.63) is 41.2 Å². The minimum Gasteiger partial charge on any atom is -0.495 e. The van der Waals surface area contributed by atoms with Gasteiger partial charge in [-0.1, -0.05) is 25.4 Å². The van der Waals surface area contributed by atoms with Crippen LogP contribution in [0.5, 0.6) is 11.5 Å². The van der Waals surface area contributed by atoms with Crippen LogP contribution < -0.4 is 20.1 Å². The second-order valence-corrected chi connectivity index (χ2v) is 6.29. The van der Waals surface area contributed by atoms with Crippen LogP contribution in [0.1, 0.15) is 24.2 Å². The Bertz CT molecular complexity index is 750. The Balaban J connectivity index is 2.23. The van der Waals surface area contributed by atoms with E-state index in [1.54, 1.807) is 38.6 Å². The maximum absolute atomic E-state index is 12.2. The third-order valence-corrected chi connectivity index (χ3v) is 3.72. The van der Waals surface area contributed by atoms with E-state index in [1.807, 2.05) is 13.8 Å². The van der Waals surface area contributed by atoms with Crippen LogP contribution in [-0.2, 0) is 0 Å². The van der Waals surface area contributed by atoms with E-state index < -0.39 is 0 Å². The number of ether oxygens (including phenoxy) is 2. The van der Waals surface area contributed by atoms with E-state index in [0.29, 0.717) is 45.9 Å². The van der Waals surface area contributed by atoms with Crippen molar-refractivity contribution in [2.24, 2.45) is 5.92 Å². The molecule has 0 atom stereocenters. The lowest BCUT2D eigenvalue weighted by atomic mass is 10.2. The van der Waals surface area contributed by atoms with Crippen molar-refractivity contribution >= 4 is 28.9 Å². The molecule has 6 nitrogen and oxygen atoms in total. The Labute approximate surface area is 152 Å². The van der Waals surface area contributed by atoms with Gasteiger partial charge in [0.15, 0.2) is 0 Å². The lowest BCUT2D eigenvalue weighted by Crippen LogP contribution is -2.27. The van der Waals surface area contributed by atoms with Crippen molar-refractivity contribution in [3.63, 3.8) is 0 Å². The monoisotopic (exact) mass is 363 g/mol. The molecule has 2 rings (SSSR count). The summed E-state index contributed by atoms with van der Waals surface area (Å²) in [6, 6.07) is 5.12. The summed E-state index contributed by atoms with van der Waals surface area (Å²) in [6.07, 6.45) is 3.15. The maximum Gasteiger partial charge on any atom is 0.252 e. The molecular weight excluding hydrogens is 342 g/mol. The number of carbonyl (C=O) groups excluding carboxylic acids is 1. The summed E-state index contributed by atoms with van der Waals surface area (Å²) >= 11 is 6.11. The predicted octanol–water partition coefficient (Wildman–Crippen LogP) is 3.88. The van der Waals surface area contributed by atoms with Gasteiger partial charge in [-0.2, -0.15) is 0 Å². The number of aromatic nitrogens is 1. The summed E-state index contributed by atoms with van der Waals surface area (Å²) in [5.74, 6) is 1.29. The molecule has 0 unspecified atom stereocenters. The Morgan fingerprint density at radius 3 is 2.52 bits per heavy atom. The van der Waals surface area contributed by atoms with E-state index in [9.17, 15) is 4.79 Å². The van der Waals surface area contributed by atoms with Gasteiger partial charge in [0.05, 0.1) is 42.4 Å². The molecule has 1 aromatic carbocycles. The molecular formula is C18H22ClN3O3. The number of carbonyl (C=O) groups is 1. The van der Waals surface area contributed by atoms with Gasteiger partial charge < -0.3 is 20.1 Å². The third kappa shape index (κ3) is 5.00. The molecule has 0 aliphatic carbocycles. The van der Waals surface area contributed by atoms with Crippen molar-refractivity contribution in [2.45, 2.75) is 13.8 Å². The molecule has 0 aliphatic heterocycles. The number of amides is 1. The number of nitrogens with zero attached hydrogens (tertiary/aromatic N) is 1. The molecule has 0 spiro atoms. The third-order valence-electron chi connectivity index (χ3n) is 3.42. The minimum absolute atomic E-state index is 0.162. The molecule has 1 heterocycles. The Morgan fingerprint density at radius 1 is 1.16 bits per heavy atom. The molecule has 0 saturated heterocycles. The standard InChI is InChI=1S/C18H22ClN3O3/c1-11(2)8-21-18(23)12-5-13(10-20-9-12)22-15-7-16(24-3)14(19)6-17(15)25-4/h5-7,9-11,22H,8H2,1-4H3,(H,21,23). The Hall–Kier alpha value is -2.47. The highest BCUT2D eigenvalue weighted by molar-refractivity contribution is 6.32. The summed E-state index contributed by atoms with van der Waals surface area (Å²) < 4.78 is 10.6. The first kappa shape index (κ1) is 18.9. The average molecular weight is 364 g/mol. The number of pyridine rings is 1. The highest BCUT2D eigenvalue weighted by Crippen LogP contribution is 2.37. The van der Waals surface area contributed by atoms with E-state index >= 15 is 0 Å². The fourth-order valence-electron chi connectivity index (χ4n) is 2.14. The second-order valence-electron chi connectivity index (χ2n) is 5.88. The van der Waals surface area contributed by atoms with Gasteiger partial charge in [0.1, 0.15) is 11.5 Å². The molecule has 0 radical (unpaired) electrons. The minimum atomic E-state index is -0.162. The number of benzene rings is 1. The van der Waals surface area contributed by atoms with Gasteiger partial charge in [0.25, 0.3) is 5.91 Å².